The summed E-state index contributed by atoms with van der Waals surface area (Å²) in [7, 11) is 1.62. The number of hydrogen-bond acceptors (Lipinski definition) is 7. The van der Waals surface area contributed by atoms with Gasteiger partial charge in [-0.05, 0) is 54.1 Å². The van der Waals surface area contributed by atoms with Crippen molar-refractivity contribution < 1.29 is 23.5 Å². The maximum Gasteiger partial charge on any atom is 0.290 e. The first-order chi connectivity index (χ1) is 19.1. The molecular formula is C30H37N3O5S. The number of nitrogens with zero attached hydrogens (tertiary/aromatic N) is 2. The van der Waals surface area contributed by atoms with Gasteiger partial charge >= 0.3 is 0 Å². The zero-order valence-corrected chi connectivity index (χ0v) is 23.3. The summed E-state index contributed by atoms with van der Waals surface area (Å²) in [4.78, 5) is 32.7. The van der Waals surface area contributed by atoms with Crippen LogP contribution < -0.4 is 10.1 Å². The lowest BCUT2D eigenvalue weighted by Crippen LogP contribution is -2.46. The molecule has 2 amide bonds. The Labute approximate surface area is 233 Å². The zero-order chi connectivity index (χ0) is 27.0. The molecule has 1 aliphatic heterocycles. The van der Waals surface area contributed by atoms with Gasteiger partial charge in [-0.2, -0.15) is 0 Å². The number of ether oxygens (including phenoxy) is 2. The fourth-order valence-electron chi connectivity index (χ4n) is 5.31. The van der Waals surface area contributed by atoms with Crippen LogP contribution >= 0.6 is 11.3 Å². The highest BCUT2D eigenvalue weighted by atomic mass is 32.1. The van der Waals surface area contributed by atoms with Gasteiger partial charge in [0, 0.05) is 30.6 Å². The summed E-state index contributed by atoms with van der Waals surface area (Å²) in [5, 5.41) is 5.21. The van der Waals surface area contributed by atoms with Crippen molar-refractivity contribution in [2.45, 2.75) is 57.3 Å². The van der Waals surface area contributed by atoms with E-state index in [4.69, 9.17) is 13.9 Å². The second kappa shape index (κ2) is 13.3. The fourth-order valence-corrected chi connectivity index (χ4v) is 6.14. The Morgan fingerprint density at radius 3 is 2.54 bits per heavy atom. The van der Waals surface area contributed by atoms with Crippen molar-refractivity contribution in [3.8, 4) is 5.75 Å². The molecule has 3 heterocycles. The maximum absolute atomic E-state index is 14.1. The van der Waals surface area contributed by atoms with Gasteiger partial charge in [-0.25, -0.2) is 0 Å². The lowest BCUT2D eigenvalue weighted by molar-refractivity contribution is -0.127. The van der Waals surface area contributed by atoms with Crippen molar-refractivity contribution in [3.63, 3.8) is 0 Å². The van der Waals surface area contributed by atoms with E-state index >= 15 is 0 Å². The lowest BCUT2D eigenvalue weighted by Gasteiger charge is -2.32. The average molecular weight is 552 g/mol. The number of methoxy groups -OCH3 is 1. The number of carbonyl (C=O) groups excluding carboxylic acids is 2. The third kappa shape index (κ3) is 7.09. The molecule has 2 aliphatic rings. The summed E-state index contributed by atoms with van der Waals surface area (Å²) in [6, 6.07) is 14.4. The molecule has 0 spiro atoms. The molecule has 5 rings (SSSR count). The van der Waals surface area contributed by atoms with Crippen LogP contribution in [0.4, 0.5) is 0 Å². The largest absolute Gasteiger partial charge is 0.497 e. The van der Waals surface area contributed by atoms with Gasteiger partial charge < -0.3 is 24.1 Å². The van der Waals surface area contributed by atoms with Crippen LogP contribution in [0.15, 0.2) is 58.3 Å². The minimum absolute atomic E-state index is 0.135. The van der Waals surface area contributed by atoms with Crippen LogP contribution in [0.2, 0.25) is 0 Å². The van der Waals surface area contributed by atoms with Crippen molar-refractivity contribution in [2.24, 2.45) is 0 Å². The van der Waals surface area contributed by atoms with E-state index < -0.39 is 6.04 Å². The summed E-state index contributed by atoms with van der Waals surface area (Å²) in [6.07, 6.45) is 5.37. The molecule has 1 N–H and O–H groups in total. The van der Waals surface area contributed by atoms with Crippen LogP contribution in [0, 0.1) is 0 Å². The molecule has 1 aliphatic carbocycles. The number of thiophene rings is 1. The number of hydrogen-bond donors (Lipinski definition) is 1. The summed E-state index contributed by atoms with van der Waals surface area (Å²) < 4.78 is 16.8. The number of amides is 2. The van der Waals surface area contributed by atoms with Crippen molar-refractivity contribution in [2.75, 3.05) is 33.4 Å². The van der Waals surface area contributed by atoms with Gasteiger partial charge in [0.25, 0.3) is 5.91 Å². The van der Waals surface area contributed by atoms with Crippen LogP contribution in [-0.2, 0) is 22.6 Å². The van der Waals surface area contributed by atoms with Gasteiger partial charge in [0.05, 0.1) is 26.9 Å². The van der Waals surface area contributed by atoms with Crippen LogP contribution in [0.1, 0.15) is 64.9 Å². The number of morpholine rings is 1. The molecule has 8 nitrogen and oxygen atoms in total. The minimum atomic E-state index is -0.769. The first kappa shape index (κ1) is 27.4. The van der Waals surface area contributed by atoms with Gasteiger partial charge in [0.15, 0.2) is 5.76 Å². The van der Waals surface area contributed by atoms with Crippen LogP contribution in [0.5, 0.6) is 5.75 Å². The summed E-state index contributed by atoms with van der Waals surface area (Å²) in [5.74, 6) is 1.24. The van der Waals surface area contributed by atoms with E-state index in [0.29, 0.717) is 19.8 Å². The van der Waals surface area contributed by atoms with Crippen molar-refractivity contribution in [1.29, 1.82) is 0 Å². The molecule has 208 valence electrons. The van der Waals surface area contributed by atoms with E-state index in [1.54, 1.807) is 18.1 Å². The third-order valence-electron chi connectivity index (χ3n) is 7.45. The molecule has 1 unspecified atom stereocenters. The maximum atomic E-state index is 14.1. The number of rotatable bonds is 10. The highest BCUT2D eigenvalue weighted by molar-refractivity contribution is 7.10. The topological polar surface area (TPSA) is 84.2 Å². The monoisotopic (exact) mass is 551 g/mol. The molecule has 3 aromatic rings. The standard InChI is InChI=1S/C30H37N3O5S/c1-36-24-11-9-22(10-12-24)20-33(30(35)26-14-13-25(38-26)21-32-15-17-37-18-16-32)28(27-8-5-19-39-27)29(34)31-23-6-3-2-4-7-23/h5,8-14,19,23,28H,2-4,6-7,15-18,20-21H2,1H3,(H,31,34). The molecule has 1 atom stereocenters. The Hall–Kier alpha value is -3.14. The summed E-state index contributed by atoms with van der Waals surface area (Å²) >= 11 is 1.48. The quantitative estimate of drug-likeness (QED) is 0.381. The van der Waals surface area contributed by atoms with E-state index in [0.717, 1.165) is 60.7 Å². The molecule has 2 fully saturated rings. The lowest BCUT2D eigenvalue weighted by atomic mass is 9.95. The van der Waals surface area contributed by atoms with Crippen molar-refractivity contribution in [3.05, 3.63) is 75.9 Å². The summed E-state index contributed by atoms with van der Waals surface area (Å²) in [6.45, 7) is 3.92. The second-order valence-corrected chi connectivity index (χ2v) is 11.2. The Morgan fingerprint density at radius 2 is 1.85 bits per heavy atom. The molecule has 0 radical (unpaired) electrons. The molecule has 2 aromatic heterocycles. The van der Waals surface area contributed by atoms with E-state index in [2.05, 4.69) is 10.2 Å². The molecule has 1 saturated heterocycles. The third-order valence-corrected chi connectivity index (χ3v) is 8.38. The van der Waals surface area contributed by atoms with E-state index in [-0.39, 0.29) is 30.2 Å². The first-order valence-corrected chi connectivity index (χ1v) is 14.6. The Morgan fingerprint density at radius 1 is 1.08 bits per heavy atom. The number of benzene rings is 1. The van der Waals surface area contributed by atoms with Gasteiger partial charge in [0.1, 0.15) is 17.6 Å². The van der Waals surface area contributed by atoms with Crippen molar-refractivity contribution in [1.82, 2.24) is 15.1 Å². The number of nitrogens with one attached hydrogen (secondary N) is 1. The Kier molecular flexibility index (Phi) is 9.34. The van der Waals surface area contributed by atoms with Gasteiger partial charge in [-0.1, -0.05) is 37.5 Å². The normalized spacial score (nSPS) is 17.5. The molecule has 9 heteroatoms. The van der Waals surface area contributed by atoms with Crippen molar-refractivity contribution >= 4 is 23.2 Å². The fraction of sp³-hybridized carbons (Fsp3) is 0.467. The van der Waals surface area contributed by atoms with Crippen LogP contribution in [0.25, 0.3) is 0 Å². The van der Waals surface area contributed by atoms with Crippen LogP contribution in [0.3, 0.4) is 0 Å². The van der Waals surface area contributed by atoms with Gasteiger partial charge in [-0.15, -0.1) is 11.3 Å². The molecule has 0 bridgehead atoms. The Bertz CT molecular complexity index is 1200. The predicted molar refractivity (Wildman–Crippen MR) is 150 cm³/mol. The minimum Gasteiger partial charge on any atom is -0.497 e. The van der Waals surface area contributed by atoms with Crippen LogP contribution in [-0.4, -0.2) is 61.1 Å². The average Bonchev–Trinajstić information content (AvgIpc) is 3.67. The van der Waals surface area contributed by atoms with Gasteiger partial charge in [-0.3, -0.25) is 14.5 Å². The Balaban J connectivity index is 1.43. The van der Waals surface area contributed by atoms with Gasteiger partial charge in [0.2, 0.25) is 5.91 Å². The smallest absolute Gasteiger partial charge is 0.290 e. The number of carbonyl (C=O) groups is 2. The second-order valence-electron chi connectivity index (χ2n) is 10.2. The highest BCUT2D eigenvalue weighted by Crippen LogP contribution is 2.31. The van der Waals surface area contributed by atoms with E-state index in [1.165, 1.54) is 17.8 Å². The zero-order valence-electron chi connectivity index (χ0n) is 22.5. The highest BCUT2D eigenvalue weighted by Gasteiger charge is 2.35. The molecular weight excluding hydrogens is 514 g/mol. The predicted octanol–water partition coefficient (Wildman–Crippen LogP) is 5.01. The SMILES string of the molecule is COc1ccc(CN(C(=O)c2ccc(CN3CCOCC3)o2)C(C(=O)NC2CCCCC2)c2cccs2)cc1. The van der Waals surface area contributed by atoms with E-state index in [9.17, 15) is 9.59 Å². The van der Waals surface area contributed by atoms with E-state index in [1.807, 2.05) is 47.8 Å². The first-order valence-electron chi connectivity index (χ1n) is 13.8. The molecule has 1 aromatic carbocycles. The molecule has 1 saturated carbocycles. The summed E-state index contributed by atoms with van der Waals surface area (Å²) in [5.41, 5.74) is 0.899. The number of furan rings is 1. The molecule has 39 heavy (non-hydrogen) atoms.